The van der Waals surface area contributed by atoms with E-state index in [1.165, 1.54) is 12.8 Å². The number of carbonyl (C=O) groups excluding carboxylic acids is 1. The molecule has 0 heterocycles. The molecule has 4 heteroatoms. The van der Waals surface area contributed by atoms with Crippen LogP contribution in [-0.4, -0.2) is 18.5 Å². The third-order valence-corrected chi connectivity index (χ3v) is 3.76. The first-order chi connectivity index (χ1) is 8.16. The standard InChI is InChI=1S/C13H17BrN2O/c1-9-11(14)3-2-4-12(9)16-13(17)7-8-15-10-5-6-10/h2-4,10,15H,5-8H2,1H3,(H,16,17). The molecule has 0 atom stereocenters. The molecule has 0 unspecified atom stereocenters. The van der Waals surface area contributed by atoms with Gasteiger partial charge < -0.3 is 10.6 Å². The molecule has 1 aromatic carbocycles. The molecule has 17 heavy (non-hydrogen) atoms. The topological polar surface area (TPSA) is 41.1 Å². The number of hydrogen-bond acceptors (Lipinski definition) is 2. The molecule has 0 radical (unpaired) electrons. The summed E-state index contributed by atoms with van der Waals surface area (Å²) in [5.41, 5.74) is 1.95. The van der Waals surface area contributed by atoms with Crippen molar-refractivity contribution in [3.05, 3.63) is 28.2 Å². The molecule has 1 saturated carbocycles. The highest BCUT2D eigenvalue weighted by Gasteiger charge is 2.20. The van der Waals surface area contributed by atoms with E-state index in [0.29, 0.717) is 12.5 Å². The van der Waals surface area contributed by atoms with Gasteiger partial charge in [-0.25, -0.2) is 0 Å². The summed E-state index contributed by atoms with van der Waals surface area (Å²) in [7, 11) is 0. The van der Waals surface area contributed by atoms with Gasteiger partial charge in [-0.1, -0.05) is 22.0 Å². The van der Waals surface area contributed by atoms with Gasteiger partial charge in [0, 0.05) is 29.2 Å². The quantitative estimate of drug-likeness (QED) is 0.877. The van der Waals surface area contributed by atoms with Crippen molar-refractivity contribution in [2.45, 2.75) is 32.2 Å². The Labute approximate surface area is 110 Å². The van der Waals surface area contributed by atoms with E-state index in [1.54, 1.807) is 0 Å². The Hall–Kier alpha value is -0.870. The number of hydrogen-bond donors (Lipinski definition) is 2. The van der Waals surface area contributed by atoms with Gasteiger partial charge in [0.05, 0.1) is 0 Å². The maximum Gasteiger partial charge on any atom is 0.225 e. The van der Waals surface area contributed by atoms with Crippen LogP contribution in [0.25, 0.3) is 0 Å². The SMILES string of the molecule is Cc1c(Br)cccc1NC(=O)CCNC1CC1. The highest BCUT2D eigenvalue weighted by atomic mass is 79.9. The molecule has 92 valence electrons. The highest BCUT2D eigenvalue weighted by Crippen LogP contribution is 2.23. The summed E-state index contributed by atoms with van der Waals surface area (Å²) in [6.45, 7) is 2.76. The van der Waals surface area contributed by atoms with E-state index in [2.05, 4.69) is 26.6 Å². The molecule has 1 fully saturated rings. The van der Waals surface area contributed by atoms with Crippen molar-refractivity contribution in [3.8, 4) is 0 Å². The Morgan fingerprint density at radius 2 is 2.24 bits per heavy atom. The molecule has 0 spiro atoms. The molecule has 2 N–H and O–H groups in total. The number of amides is 1. The summed E-state index contributed by atoms with van der Waals surface area (Å²) in [6.07, 6.45) is 3.04. The summed E-state index contributed by atoms with van der Waals surface area (Å²) in [6, 6.07) is 6.48. The second kappa shape index (κ2) is 5.65. The molecule has 0 bridgehead atoms. The van der Waals surface area contributed by atoms with Crippen LogP contribution in [-0.2, 0) is 4.79 Å². The molecule has 3 nitrogen and oxygen atoms in total. The summed E-state index contributed by atoms with van der Waals surface area (Å²) in [5, 5.41) is 6.27. The van der Waals surface area contributed by atoms with Crippen LogP contribution < -0.4 is 10.6 Å². The van der Waals surface area contributed by atoms with Gasteiger partial charge in [0.2, 0.25) is 5.91 Å². The first-order valence-electron chi connectivity index (χ1n) is 5.95. The molecule has 1 aliphatic carbocycles. The van der Waals surface area contributed by atoms with E-state index < -0.39 is 0 Å². The number of halogens is 1. The van der Waals surface area contributed by atoms with Gasteiger partial charge in [-0.3, -0.25) is 4.79 Å². The number of benzene rings is 1. The predicted octanol–water partition coefficient (Wildman–Crippen LogP) is 2.84. The smallest absolute Gasteiger partial charge is 0.225 e. The first-order valence-corrected chi connectivity index (χ1v) is 6.74. The zero-order valence-electron chi connectivity index (χ0n) is 9.92. The third-order valence-electron chi connectivity index (χ3n) is 2.90. The highest BCUT2D eigenvalue weighted by molar-refractivity contribution is 9.10. The van der Waals surface area contributed by atoms with Crippen molar-refractivity contribution in [2.24, 2.45) is 0 Å². The molecular weight excluding hydrogens is 280 g/mol. The average Bonchev–Trinajstić information content (AvgIpc) is 3.09. The van der Waals surface area contributed by atoms with Gasteiger partial charge in [-0.05, 0) is 37.5 Å². The lowest BCUT2D eigenvalue weighted by Gasteiger charge is -2.09. The van der Waals surface area contributed by atoms with Gasteiger partial charge in [-0.15, -0.1) is 0 Å². The molecule has 0 aromatic heterocycles. The minimum Gasteiger partial charge on any atom is -0.326 e. The number of anilines is 1. The monoisotopic (exact) mass is 296 g/mol. The molecule has 1 amide bonds. The van der Waals surface area contributed by atoms with Crippen LogP contribution in [0.1, 0.15) is 24.8 Å². The third kappa shape index (κ3) is 3.82. The molecule has 1 aromatic rings. The van der Waals surface area contributed by atoms with Gasteiger partial charge in [0.1, 0.15) is 0 Å². The van der Waals surface area contributed by atoms with Crippen LogP contribution in [0.5, 0.6) is 0 Å². The zero-order valence-corrected chi connectivity index (χ0v) is 11.5. The van der Waals surface area contributed by atoms with E-state index in [-0.39, 0.29) is 5.91 Å². The Bertz CT molecular complexity index is 416. The Balaban J connectivity index is 1.82. The van der Waals surface area contributed by atoms with Crippen LogP contribution in [0.15, 0.2) is 22.7 Å². The van der Waals surface area contributed by atoms with Crippen LogP contribution in [0.3, 0.4) is 0 Å². The second-order valence-corrected chi connectivity index (χ2v) is 5.29. The fourth-order valence-corrected chi connectivity index (χ4v) is 2.00. The Morgan fingerprint density at radius 1 is 1.47 bits per heavy atom. The predicted molar refractivity (Wildman–Crippen MR) is 73.2 cm³/mol. The summed E-state index contributed by atoms with van der Waals surface area (Å²) >= 11 is 3.45. The van der Waals surface area contributed by atoms with Crippen molar-refractivity contribution < 1.29 is 4.79 Å². The normalized spacial score (nSPS) is 14.7. The zero-order chi connectivity index (χ0) is 12.3. The van der Waals surface area contributed by atoms with Crippen molar-refractivity contribution in [1.82, 2.24) is 5.32 Å². The van der Waals surface area contributed by atoms with Crippen molar-refractivity contribution in [2.75, 3.05) is 11.9 Å². The maximum atomic E-state index is 11.7. The summed E-state index contributed by atoms with van der Waals surface area (Å²) in [5.74, 6) is 0.0688. The summed E-state index contributed by atoms with van der Waals surface area (Å²) < 4.78 is 1.02. The fraction of sp³-hybridized carbons (Fsp3) is 0.462. The van der Waals surface area contributed by atoms with Crippen LogP contribution in [0.2, 0.25) is 0 Å². The van der Waals surface area contributed by atoms with Gasteiger partial charge in [-0.2, -0.15) is 0 Å². The van der Waals surface area contributed by atoms with Crippen molar-refractivity contribution in [1.29, 1.82) is 0 Å². The first kappa shape index (κ1) is 12.6. The molecule has 0 saturated heterocycles. The Morgan fingerprint density at radius 3 is 2.94 bits per heavy atom. The molecule has 0 aliphatic heterocycles. The van der Waals surface area contributed by atoms with Crippen LogP contribution >= 0.6 is 15.9 Å². The fourth-order valence-electron chi connectivity index (χ4n) is 1.63. The van der Waals surface area contributed by atoms with Gasteiger partial charge in [0.25, 0.3) is 0 Å². The second-order valence-electron chi connectivity index (χ2n) is 4.44. The lowest BCUT2D eigenvalue weighted by molar-refractivity contribution is -0.116. The number of carbonyl (C=O) groups is 1. The maximum absolute atomic E-state index is 11.7. The van der Waals surface area contributed by atoms with E-state index in [4.69, 9.17) is 0 Å². The molecule has 1 aliphatic rings. The summed E-state index contributed by atoms with van der Waals surface area (Å²) in [4.78, 5) is 11.7. The average molecular weight is 297 g/mol. The molecular formula is C13H17BrN2O. The lowest BCUT2D eigenvalue weighted by Crippen LogP contribution is -2.23. The van der Waals surface area contributed by atoms with E-state index in [0.717, 1.165) is 22.3 Å². The van der Waals surface area contributed by atoms with E-state index in [9.17, 15) is 4.79 Å². The van der Waals surface area contributed by atoms with Gasteiger partial charge in [0.15, 0.2) is 0 Å². The van der Waals surface area contributed by atoms with Gasteiger partial charge >= 0.3 is 0 Å². The van der Waals surface area contributed by atoms with E-state index >= 15 is 0 Å². The number of nitrogens with one attached hydrogen (secondary N) is 2. The van der Waals surface area contributed by atoms with Crippen LogP contribution in [0, 0.1) is 6.92 Å². The lowest BCUT2D eigenvalue weighted by atomic mass is 10.2. The van der Waals surface area contributed by atoms with Crippen LogP contribution in [0.4, 0.5) is 5.69 Å². The van der Waals surface area contributed by atoms with Crippen molar-refractivity contribution in [3.63, 3.8) is 0 Å². The Kier molecular flexibility index (Phi) is 4.18. The number of rotatable bonds is 5. The largest absolute Gasteiger partial charge is 0.326 e. The minimum absolute atomic E-state index is 0.0688. The van der Waals surface area contributed by atoms with E-state index in [1.807, 2.05) is 25.1 Å². The molecule has 2 rings (SSSR count). The van der Waals surface area contributed by atoms with Crippen molar-refractivity contribution >= 4 is 27.5 Å². The minimum atomic E-state index is 0.0688.